The third kappa shape index (κ3) is 3.61. The second kappa shape index (κ2) is 7.36. The summed E-state index contributed by atoms with van der Waals surface area (Å²) in [7, 11) is 0. The molecule has 0 aliphatic carbocycles. The van der Waals surface area contributed by atoms with Crippen molar-refractivity contribution >= 4 is 16.9 Å². The lowest BCUT2D eigenvalue weighted by atomic mass is 10.0. The van der Waals surface area contributed by atoms with Crippen LogP contribution in [-0.2, 0) is 6.54 Å². The molecule has 28 heavy (non-hydrogen) atoms. The van der Waals surface area contributed by atoms with E-state index >= 15 is 0 Å². The van der Waals surface area contributed by atoms with Crippen molar-refractivity contribution in [2.75, 3.05) is 0 Å². The van der Waals surface area contributed by atoms with Crippen molar-refractivity contribution in [3.8, 4) is 11.1 Å². The maximum atomic E-state index is 12.4. The summed E-state index contributed by atoms with van der Waals surface area (Å²) < 4.78 is 0. The maximum absolute atomic E-state index is 12.4. The normalized spacial score (nSPS) is 10.7. The molecule has 0 saturated carbocycles. The molecule has 3 N–H and O–H groups in total. The molecule has 0 atom stereocenters. The number of carbonyl (C=O) groups excluding carboxylic acids is 1. The smallest absolute Gasteiger partial charge is 0.314 e. The van der Waals surface area contributed by atoms with E-state index in [-0.39, 0.29) is 5.91 Å². The first kappa shape index (κ1) is 17.5. The molecule has 6 nitrogen and oxygen atoms in total. The summed E-state index contributed by atoms with van der Waals surface area (Å²) in [6.07, 6.45) is 0. The van der Waals surface area contributed by atoms with Gasteiger partial charge < -0.3 is 15.3 Å². The number of carbonyl (C=O) groups is 1. The third-order valence-corrected chi connectivity index (χ3v) is 4.50. The van der Waals surface area contributed by atoms with Gasteiger partial charge in [0.05, 0.1) is 11.0 Å². The van der Waals surface area contributed by atoms with Crippen LogP contribution in [0.15, 0.2) is 82.4 Å². The van der Waals surface area contributed by atoms with Gasteiger partial charge in [0.15, 0.2) is 0 Å². The molecule has 0 spiro atoms. The number of nitrogens with one attached hydrogen (secondary N) is 3. The molecule has 0 radical (unpaired) electrons. The predicted octanol–water partition coefficient (Wildman–Crippen LogP) is 2.81. The highest BCUT2D eigenvalue weighted by Gasteiger charge is 2.08. The molecule has 0 saturated heterocycles. The summed E-state index contributed by atoms with van der Waals surface area (Å²) in [5, 5.41) is 2.86. The van der Waals surface area contributed by atoms with Crippen LogP contribution in [0.25, 0.3) is 22.2 Å². The molecule has 3 aromatic carbocycles. The SMILES string of the molecule is O=C(NCc1ccc(-c2ccccc2)cc1)c1ccc2[nH]c(=O)c(=O)[nH]c2c1. The third-order valence-electron chi connectivity index (χ3n) is 4.50. The standard InChI is InChI=1S/C22H17N3O3/c26-20(17-10-11-18-19(12-17)25-22(28)21(27)24-18)23-13-14-6-8-16(9-7-14)15-4-2-1-3-5-15/h1-12H,13H2,(H,23,26)(H,24,27)(H,25,28). The maximum Gasteiger partial charge on any atom is 0.314 e. The van der Waals surface area contributed by atoms with Crippen LogP contribution in [0.4, 0.5) is 0 Å². The molecule has 1 heterocycles. The van der Waals surface area contributed by atoms with Crippen LogP contribution in [0.5, 0.6) is 0 Å². The first-order chi connectivity index (χ1) is 13.6. The number of aromatic nitrogens is 2. The van der Waals surface area contributed by atoms with Crippen LogP contribution in [0.3, 0.4) is 0 Å². The largest absolute Gasteiger partial charge is 0.348 e. The monoisotopic (exact) mass is 371 g/mol. The number of H-pyrrole nitrogens is 2. The second-order valence-corrected chi connectivity index (χ2v) is 6.41. The Hall–Kier alpha value is -3.93. The zero-order valence-corrected chi connectivity index (χ0v) is 14.9. The van der Waals surface area contributed by atoms with Gasteiger partial charge in [0.2, 0.25) is 0 Å². The van der Waals surface area contributed by atoms with Crippen LogP contribution >= 0.6 is 0 Å². The highest BCUT2D eigenvalue weighted by molar-refractivity contribution is 5.97. The zero-order chi connectivity index (χ0) is 19.5. The Labute approximate surface area is 159 Å². The number of aromatic amines is 2. The van der Waals surface area contributed by atoms with Crippen molar-refractivity contribution in [2.45, 2.75) is 6.54 Å². The number of rotatable bonds is 4. The van der Waals surface area contributed by atoms with Crippen molar-refractivity contribution in [1.29, 1.82) is 0 Å². The Morgan fingerprint density at radius 3 is 2.11 bits per heavy atom. The Morgan fingerprint density at radius 2 is 1.39 bits per heavy atom. The summed E-state index contributed by atoms with van der Waals surface area (Å²) in [5.74, 6) is -0.263. The minimum atomic E-state index is -0.747. The number of hydrogen-bond acceptors (Lipinski definition) is 3. The van der Waals surface area contributed by atoms with Gasteiger partial charge in [-0.3, -0.25) is 14.4 Å². The average Bonchev–Trinajstić information content (AvgIpc) is 2.73. The molecule has 0 aliphatic heterocycles. The summed E-state index contributed by atoms with van der Waals surface area (Å²) in [6.45, 7) is 0.383. The summed E-state index contributed by atoms with van der Waals surface area (Å²) in [6, 6.07) is 22.8. The van der Waals surface area contributed by atoms with E-state index in [2.05, 4.69) is 15.3 Å². The summed E-state index contributed by atoms with van der Waals surface area (Å²) >= 11 is 0. The predicted molar refractivity (Wildman–Crippen MR) is 108 cm³/mol. The van der Waals surface area contributed by atoms with Gasteiger partial charge in [-0.15, -0.1) is 0 Å². The molecular formula is C22H17N3O3. The topological polar surface area (TPSA) is 94.8 Å². The van der Waals surface area contributed by atoms with Crippen LogP contribution in [0.2, 0.25) is 0 Å². The van der Waals surface area contributed by atoms with E-state index in [1.54, 1.807) is 18.2 Å². The minimum Gasteiger partial charge on any atom is -0.348 e. The molecule has 1 amide bonds. The lowest BCUT2D eigenvalue weighted by Crippen LogP contribution is -2.29. The molecule has 0 aliphatic rings. The number of fused-ring (bicyclic) bond motifs is 1. The van der Waals surface area contributed by atoms with Gasteiger partial charge in [-0.25, -0.2) is 0 Å². The molecule has 4 aromatic rings. The van der Waals surface area contributed by atoms with Crippen LogP contribution in [0.1, 0.15) is 15.9 Å². The van der Waals surface area contributed by atoms with Crippen LogP contribution < -0.4 is 16.4 Å². The lowest BCUT2D eigenvalue weighted by Gasteiger charge is -2.08. The number of hydrogen-bond donors (Lipinski definition) is 3. The van der Waals surface area contributed by atoms with Gasteiger partial charge in [-0.2, -0.15) is 0 Å². The van der Waals surface area contributed by atoms with Gasteiger partial charge >= 0.3 is 11.1 Å². The van der Waals surface area contributed by atoms with Crippen molar-refractivity contribution < 1.29 is 4.79 Å². The van der Waals surface area contributed by atoms with E-state index < -0.39 is 11.1 Å². The highest BCUT2D eigenvalue weighted by atomic mass is 16.2. The van der Waals surface area contributed by atoms with Crippen LogP contribution in [0, 0.1) is 0 Å². The van der Waals surface area contributed by atoms with Crippen molar-refractivity contribution in [3.05, 3.63) is 105 Å². The molecule has 0 bridgehead atoms. The van der Waals surface area contributed by atoms with Gasteiger partial charge in [-0.1, -0.05) is 54.6 Å². The van der Waals surface area contributed by atoms with E-state index in [9.17, 15) is 14.4 Å². The number of amides is 1. The summed E-state index contributed by atoms with van der Waals surface area (Å²) in [5.41, 5.74) is 3.04. The minimum absolute atomic E-state index is 0.263. The van der Waals surface area contributed by atoms with E-state index in [4.69, 9.17) is 0 Å². The second-order valence-electron chi connectivity index (χ2n) is 6.41. The Morgan fingerprint density at radius 1 is 0.750 bits per heavy atom. The molecule has 4 rings (SSSR count). The molecule has 6 heteroatoms. The molecule has 0 fully saturated rings. The van der Waals surface area contributed by atoms with E-state index in [0.717, 1.165) is 16.7 Å². The molecule has 1 aromatic heterocycles. The fraction of sp³-hybridized carbons (Fsp3) is 0.0455. The van der Waals surface area contributed by atoms with E-state index in [0.29, 0.717) is 23.1 Å². The van der Waals surface area contributed by atoms with Gasteiger partial charge in [0.1, 0.15) is 0 Å². The zero-order valence-electron chi connectivity index (χ0n) is 14.9. The van der Waals surface area contributed by atoms with E-state index in [1.165, 1.54) is 0 Å². The molecule has 0 unspecified atom stereocenters. The van der Waals surface area contributed by atoms with E-state index in [1.807, 2.05) is 54.6 Å². The Kier molecular flexibility index (Phi) is 4.60. The van der Waals surface area contributed by atoms with Gasteiger partial charge in [0.25, 0.3) is 5.91 Å². The fourth-order valence-corrected chi connectivity index (χ4v) is 2.99. The molecular weight excluding hydrogens is 354 g/mol. The average molecular weight is 371 g/mol. The number of benzene rings is 3. The Balaban J connectivity index is 1.47. The van der Waals surface area contributed by atoms with Crippen molar-refractivity contribution in [2.24, 2.45) is 0 Å². The van der Waals surface area contributed by atoms with Gasteiger partial charge in [0, 0.05) is 12.1 Å². The van der Waals surface area contributed by atoms with Crippen molar-refractivity contribution in [3.63, 3.8) is 0 Å². The Bertz CT molecular complexity index is 1260. The van der Waals surface area contributed by atoms with Gasteiger partial charge in [-0.05, 0) is 34.9 Å². The quantitative estimate of drug-likeness (QED) is 0.482. The lowest BCUT2D eigenvalue weighted by molar-refractivity contribution is 0.0951. The first-order valence-electron chi connectivity index (χ1n) is 8.79. The fourth-order valence-electron chi connectivity index (χ4n) is 2.99. The van der Waals surface area contributed by atoms with Crippen molar-refractivity contribution in [1.82, 2.24) is 15.3 Å². The highest BCUT2D eigenvalue weighted by Crippen LogP contribution is 2.19. The van der Waals surface area contributed by atoms with Crippen LogP contribution in [-0.4, -0.2) is 15.9 Å². The first-order valence-corrected chi connectivity index (χ1v) is 8.79. The molecule has 138 valence electrons. The summed E-state index contributed by atoms with van der Waals surface area (Å²) in [4.78, 5) is 40.2.